The Labute approximate surface area is 130 Å². The van der Waals surface area contributed by atoms with Gasteiger partial charge in [0.15, 0.2) is 0 Å². The minimum atomic E-state index is -3.54. The minimum Gasteiger partial charge on any atom is -0.496 e. The van der Waals surface area contributed by atoms with Crippen LogP contribution in [0.2, 0.25) is 0 Å². The molecule has 1 saturated heterocycles. The lowest BCUT2D eigenvalue weighted by Crippen LogP contribution is -2.44. The van der Waals surface area contributed by atoms with E-state index in [1.165, 1.54) is 0 Å². The molecular weight excluding hydrogens is 310 g/mol. The van der Waals surface area contributed by atoms with Gasteiger partial charge in [0.2, 0.25) is 10.0 Å². The molecular formula is C14H21NO4S2. The van der Waals surface area contributed by atoms with E-state index >= 15 is 0 Å². The molecule has 1 aromatic rings. The molecule has 1 aromatic carbocycles. The third-order valence-corrected chi connectivity index (χ3v) is 6.38. The van der Waals surface area contributed by atoms with Crippen molar-refractivity contribution in [2.75, 3.05) is 32.3 Å². The summed E-state index contributed by atoms with van der Waals surface area (Å²) >= 11 is 1.78. The van der Waals surface area contributed by atoms with Gasteiger partial charge in [0.1, 0.15) is 5.75 Å². The summed E-state index contributed by atoms with van der Waals surface area (Å²) in [5.74, 6) is 2.49. The van der Waals surface area contributed by atoms with Crippen LogP contribution in [0.3, 0.4) is 0 Å². The van der Waals surface area contributed by atoms with Gasteiger partial charge in [0.25, 0.3) is 0 Å². The van der Waals surface area contributed by atoms with Gasteiger partial charge in [-0.2, -0.15) is 11.8 Å². The standard InChI is InChI=1S/C14H21NO4S2/c1-11-8-12(4-5-13(11)18-2)21(16,17)15-9-14(19-3)6-7-20-10-14/h4-5,8,15H,6-7,9-10H2,1-3H3. The summed E-state index contributed by atoms with van der Waals surface area (Å²) in [5.41, 5.74) is 0.400. The van der Waals surface area contributed by atoms with Crippen LogP contribution in [0.4, 0.5) is 0 Å². The topological polar surface area (TPSA) is 64.6 Å². The molecule has 21 heavy (non-hydrogen) atoms. The maximum atomic E-state index is 12.4. The number of aryl methyl sites for hydroxylation is 1. The van der Waals surface area contributed by atoms with E-state index in [1.807, 2.05) is 6.92 Å². The van der Waals surface area contributed by atoms with Gasteiger partial charge in [-0.25, -0.2) is 13.1 Å². The normalized spacial score (nSPS) is 22.4. The first-order valence-electron chi connectivity index (χ1n) is 6.70. The van der Waals surface area contributed by atoms with Gasteiger partial charge >= 0.3 is 0 Å². The van der Waals surface area contributed by atoms with Crippen molar-refractivity contribution in [2.45, 2.75) is 23.8 Å². The summed E-state index contributed by atoms with van der Waals surface area (Å²) in [5, 5.41) is 0. The SMILES string of the molecule is COc1ccc(S(=O)(=O)NCC2(OC)CCSC2)cc1C. The van der Waals surface area contributed by atoms with E-state index in [4.69, 9.17) is 9.47 Å². The van der Waals surface area contributed by atoms with Crippen LogP contribution in [-0.4, -0.2) is 46.3 Å². The van der Waals surface area contributed by atoms with E-state index in [1.54, 1.807) is 44.2 Å². The number of hydrogen-bond acceptors (Lipinski definition) is 5. The Hall–Kier alpha value is -0.760. The van der Waals surface area contributed by atoms with Crippen molar-refractivity contribution in [1.82, 2.24) is 4.72 Å². The molecule has 5 nitrogen and oxygen atoms in total. The molecule has 0 bridgehead atoms. The highest BCUT2D eigenvalue weighted by Crippen LogP contribution is 2.30. The van der Waals surface area contributed by atoms with Crippen LogP contribution < -0.4 is 9.46 Å². The summed E-state index contributed by atoms with van der Waals surface area (Å²) in [4.78, 5) is 0.248. The molecule has 1 unspecified atom stereocenters. The van der Waals surface area contributed by atoms with Crippen molar-refractivity contribution in [2.24, 2.45) is 0 Å². The van der Waals surface area contributed by atoms with Crippen molar-refractivity contribution in [3.63, 3.8) is 0 Å². The Balaban J connectivity index is 2.13. The lowest BCUT2D eigenvalue weighted by atomic mass is 10.0. The molecule has 0 amide bonds. The molecule has 0 radical (unpaired) electrons. The van der Waals surface area contributed by atoms with Gasteiger partial charge < -0.3 is 9.47 Å². The maximum Gasteiger partial charge on any atom is 0.240 e. The van der Waals surface area contributed by atoms with Crippen molar-refractivity contribution in [1.29, 1.82) is 0 Å². The number of nitrogens with one attached hydrogen (secondary N) is 1. The molecule has 1 aliphatic heterocycles. The molecule has 1 fully saturated rings. The summed E-state index contributed by atoms with van der Waals surface area (Å²) in [6.45, 7) is 2.12. The van der Waals surface area contributed by atoms with E-state index in [2.05, 4.69) is 4.72 Å². The van der Waals surface area contributed by atoms with Crippen LogP contribution in [0.5, 0.6) is 5.75 Å². The Morgan fingerprint density at radius 3 is 2.67 bits per heavy atom. The fourth-order valence-corrected chi connectivity index (χ4v) is 4.88. The highest BCUT2D eigenvalue weighted by Gasteiger charge is 2.35. The molecule has 0 saturated carbocycles. The molecule has 1 atom stereocenters. The van der Waals surface area contributed by atoms with Gasteiger partial charge in [-0.15, -0.1) is 0 Å². The Bertz CT molecular complexity index is 595. The highest BCUT2D eigenvalue weighted by molar-refractivity contribution is 7.99. The fraction of sp³-hybridized carbons (Fsp3) is 0.571. The van der Waals surface area contributed by atoms with Crippen LogP contribution in [-0.2, 0) is 14.8 Å². The van der Waals surface area contributed by atoms with E-state index in [-0.39, 0.29) is 10.5 Å². The molecule has 0 aliphatic carbocycles. The molecule has 1 heterocycles. The van der Waals surface area contributed by atoms with Crippen molar-refractivity contribution < 1.29 is 17.9 Å². The zero-order valence-corrected chi connectivity index (χ0v) is 14.1. The Kier molecular flexibility index (Phi) is 5.19. The van der Waals surface area contributed by atoms with Gasteiger partial charge in [0, 0.05) is 19.4 Å². The smallest absolute Gasteiger partial charge is 0.240 e. The van der Waals surface area contributed by atoms with Crippen molar-refractivity contribution >= 4 is 21.8 Å². The summed E-state index contributed by atoms with van der Waals surface area (Å²) in [7, 11) is -0.337. The average molecular weight is 331 g/mol. The van der Waals surface area contributed by atoms with Crippen LogP contribution >= 0.6 is 11.8 Å². The fourth-order valence-electron chi connectivity index (χ4n) is 2.29. The third-order valence-electron chi connectivity index (χ3n) is 3.76. The quantitative estimate of drug-likeness (QED) is 0.861. The van der Waals surface area contributed by atoms with Gasteiger partial charge in [-0.3, -0.25) is 0 Å². The second-order valence-corrected chi connectivity index (χ2v) is 8.02. The first-order valence-corrected chi connectivity index (χ1v) is 9.33. The predicted octanol–water partition coefficient (Wildman–Crippen LogP) is 1.80. The van der Waals surface area contributed by atoms with Crippen LogP contribution in [0.25, 0.3) is 0 Å². The molecule has 118 valence electrons. The van der Waals surface area contributed by atoms with E-state index in [0.29, 0.717) is 12.3 Å². The lowest BCUT2D eigenvalue weighted by Gasteiger charge is -2.26. The third kappa shape index (κ3) is 3.71. The van der Waals surface area contributed by atoms with Gasteiger partial charge in [-0.05, 0) is 42.9 Å². The first-order chi connectivity index (χ1) is 9.92. The number of benzene rings is 1. The predicted molar refractivity (Wildman–Crippen MR) is 84.6 cm³/mol. The molecule has 1 N–H and O–H groups in total. The van der Waals surface area contributed by atoms with Crippen molar-refractivity contribution in [3.8, 4) is 5.75 Å². The highest BCUT2D eigenvalue weighted by atomic mass is 32.2. The number of thioether (sulfide) groups is 1. The zero-order valence-electron chi connectivity index (χ0n) is 12.5. The molecule has 0 spiro atoms. The Morgan fingerprint density at radius 1 is 1.38 bits per heavy atom. The number of sulfonamides is 1. The van der Waals surface area contributed by atoms with Crippen LogP contribution in [0.15, 0.2) is 23.1 Å². The summed E-state index contributed by atoms with van der Waals surface area (Å²) < 4.78 is 38.1. The van der Waals surface area contributed by atoms with E-state index in [9.17, 15) is 8.42 Å². The molecule has 0 aromatic heterocycles. The first kappa shape index (κ1) is 16.6. The average Bonchev–Trinajstić information content (AvgIpc) is 2.95. The number of rotatable bonds is 6. The minimum absolute atomic E-state index is 0.248. The molecule has 1 aliphatic rings. The second kappa shape index (κ2) is 6.56. The molecule has 2 rings (SSSR count). The van der Waals surface area contributed by atoms with E-state index in [0.717, 1.165) is 23.5 Å². The van der Waals surface area contributed by atoms with Gasteiger partial charge in [-0.1, -0.05) is 0 Å². The summed E-state index contributed by atoms with van der Waals surface area (Å²) in [6.07, 6.45) is 0.859. The largest absolute Gasteiger partial charge is 0.496 e. The van der Waals surface area contributed by atoms with Gasteiger partial charge in [0.05, 0.1) is 17.6 Å². The number of methoxy groups -OCH3 is 2. The summed E-state index contributed by atoms with van der Waals surface area (Å²) in [6, 6.07) is 4.84. The number of hydrogen-bond donors (Lipinski definition) is 1. The molecule has 7 heteroatoms. The monoisotopic (exact) mass is 331 g/mol. The van der Waals surface area contributed by atoms with Crippen LogP contribution in [0.1, 0.15) is 12.0 Å². The van der Waals surface area contributed by atoms with Crippen molar-refractivity contribution in [3.05, 3.63) is 23.8 Å². The maximum absolute atomic E-state index is 12.4. The second-order valence-electron chi connectivity index (χ2n) is 5.15. The Morgan fingerprint density at radius 2 is 2.14 bits per heavy atom. The zero-order chi connectivity index (χ0) is 15.5. The number of ether oxygens (including phenoxy) is 2. The van der Waals surface area contributed by atoms with Crippen LogP contribution in [0, 0.1) is 6.92 Å². The van der Waals surface area contributed by atoms with E-state index < -0.39 is 10.0 Å². The lowest BCUT2D eigenvalue weighted by molar-refractivity contribution is 0.0179.